The number of rotatable bonds is 3. The highest BCUT2D eigenvalue weighted by Gasteiger charge is 2.16. The predicted octanol–water partition coefficient (Wildman–Crippen LogP) is 1.13. The molecule has 0 fully saturated rings. The fourth-order valence-corrected chi connectivity index (χ4v) is 1.46. The molecule has 1 aromatic carbocycles. The first-order valence-corrected chi connectivity index (χ1v) is 4.66. The van der Waals surface area contributed by atoms with Crippen LogP contribution in [0.15, 0.2) is 6.07 Å². The molecule has 0 aliphatic heterocycles. The Morgan fingerprint density at radius 1 is 1.38 bits per heavy atom. The van der Waals surface area contributed by atoms with Crippen molar-refractivity contribution in [3.63, 3.8) is 0 Å². The van der Waals surface area contributed by atoms with Crippen LogP contribution in [0.25, 0.3) is 0 Å². The number of aromatic hydroxyl groups is 2. The molecule has 5 nitrogen and oxygen atoms in total. The number of carbonyl (C=O) groups excluding carboxylic acids is 1. The summed E-state index contributed by atoms with van der Waals surface area (Å²) in [5.74, 6) is -0.470. The number of esters is 1. The number of phenols is 2. The van der Waals surface area contributed by atoms with Crippen LogP contribution < -0.4 is 4.74 Å². The van der Waals surface area contributed by atoms with Crippen molar-refractivity contribution in [2.24, 2.45) is 0 Å². The van der Waals surface area contributed by atoms with Gasteiger partial charge in [0.05, 0.1) is 20.6 Å². The van der Waals surface area contributed by atoms with E-state index in [1.165, 1.54) is 20.3 Å². The fraction of sp³-hybridized carbons (Fsp3) is 0.364. The van der Waals surface area contributed by atoms with Gasteiger partial charge >= 0.3 is 5.97 Å². The minimum absolute atomic E-state index is 0.0694. The summed E-state index contributed by atoms with van der Waals surface area (Å²) in [6.07, 6.45) is -0.0965. The van der Waals surface area contributed by atoms with Gasteiger partial charge in [0.25, 0.3) is 0 Å². The monoisotopic (exact) mass is 226 g/mol. The van der Waals surface area contributed by atoms with E-state index < -0.39 is 5.97 Å². The van der Waals surface area contributed by atoms with E-state index in [4.69, 9.17) is 4.74 Å². The van der Waals surface area contributed by atoms with Crippen molar-refractivity contribution in [1.82, 2.24) is 0 Å². The van der Waals surface area contributed by atoms with Gasteiger partial charge in [-0.05, 0) is 13.0 Å². The first-order chi connectivity index (χ1) is 7.51. The number of ether oxygens (including phenoxy) is 2. The zero-order valence-corrected chi connectivity index (χ0v) is 9.40. The fourth-order valence-electron chi connectivity index (χ4n) is 1.46. The molecule has 0 saturated heterocycles. The average molecular weight is 226 g/mol. The minimum Gasteiger partial charge on any atom is -0.507 e. The number of hydrogen-bond acceptors (Lipinski definition) is 5. The van der Waals surface area contributed by atoms with Crippen LogP contribution in [0.5, 0.6) is 17.2 Å². The second kappa shape index (κ2) is 4.74. The molecule has 0 amide bonds. The zero-order valence-electron chi connectivity index (χ0n) is 9.40. The van der Waals surface area contributed by atoms with E-state index in [0.717, 1.165) is 0 Å². The molecule has 16 heavy (non-hydrogen) atoms. The van der Waals surface area contributed by atoms with Gasteiger partial charge < -0.3 is 19.7 Å². The van der Waals surface area contributed by atoms with E-state index >= 15 is 0 Å². The van der Waals surface area contributed by atoms with Crippen LogP contribution in [-0.2, 0) is 16.0 Å². The van der Waals surface area contributed by atoms with Crippen molar-refractivity contribution in [3.8, 4) is 17.2 Å². The maximum atomic E-state index is 11.1. The molecular weight excluding hydrogens is 212 g/mol. The normalized spacial score (nSPS) is 9.94. The van der Waals surface area contributed by atoms with Crippen LogP contribution >= 0.6 is 0 Å². The summed E-state index contributed by atoms with van der Waals surface area (Å²) in [4.78, 5) is 11.1. The van der Waals surface area contributed by atoms with Crippen molar-refractivity contribution in [2.45, 2.75) is 13.3 Å². The van der Waals surface area contributed by atoms with E-state index in [1.807, 2.05) is 0 Å². The van der Waals surface area contributed by atoms with Gasteiger partial charge in [-0.2, -0.15) is 0 Å². The maximum absolute atomic E-state index is 11.1. The van der Waals surface area contributed by atoms with Crippen molar-refractivity contribution >= 4 is 5.97 Å². The van der Waals surface area contributed by atoms with E-state index in [0.29, 0.717) is 11.1 Å². The molecule has 2 N–H and O–H groups in total. The van der Waals surface area contributed by atoms with Gasteiger partial charge in [0.15, 0.2) is 11.5 Å². The predicted molar refractivity (Wildman–Crippen MR) is 56.8 cm³/mol. The van der Waals surface area contributed by atoms with Gasteiger partial charge in [0, 0.05) is 11.1 Å². The summed E-state index contributed by atoms with van der Waals surface area (Å²) in [5.41, 5.74) is 0.698. The van der Waals surface area contributed by atoms with E-state index in [1.54, 1.807) is 6.92 Å². The molecule has 0 aliphatic carbocycles. The number of phenolic OH excluding ortho intramolecular Hbond substituents is 2. The molecule has 0 bridgehead atoms. The van der Waals surface area contributed by atoms with E-state index in [-0.39, 0.29) is 23.7 Å². The van der Waals surface area contributed by atoms with Gasteiger partial charge in [-0.3, -0.25) is 4.79 Å². The molecule has 5 heteroatoms. The van der Waals surface area contributed by atoms with Crippen molar-refractivity contribution in [3.05, 3.63) is 17.2 Å². The second-order valence-electron chi connectivity index (χ2n) is 3.31. The Morgan fingerprint density at radius 3 is 2.50 bits per heavy atom. The molecule has 0 unspecified atom stereocenters. The number of benzene rings is 1. The third-order valence-electron chi connectivity index (χ3n) is 2.31. The van der Waals surface area contributed by atoms with Crippen LogP contribution in [0.3, 0.4) is 0 Å². The second-order valence-corrected chi connectivity index (χ2v) is 3.31. The highest BCUT2D eigenvalue weighted by Crippen LogP contribution is 2.38. The van der Waals surface area contributed by atoms with Gasteiger partial charge in [-0.25, -0.2) is 0 Å². The number of methoxy groups -OCH3 is 2. The topological polar surface area (TPSA) is 76.0 Å². The number of hydrogen-bond donors (Lipinski definition) is 2. The summed E-state index contributed by atoms with van der Waals surface area (Å²) in [5, 5.41) is 19.4. The molecular formula is C11H14O5. The molecule has 0 heterocycles. The molecule has 0 saturated carbocycles. The Labute approximate surface area is 93.2 Å². The lowest BCUT2D eigenvalue weighted by molar-refractivity contribution is -0.139. The first-order valence-electron chi connectivity index (χ1n) is 4.66. The zero-order chi connectivity index (χ0) is 12.3. The minimum atomic E-state index is -0.487. The SMILES string of the molecule is COC(=O)Cc1cc(O)c(OC)c(C)c1O. The van der Waals surface area contributed by atoms with Gasteiger partial charge in [0.1, 0.15) is 5.75 Å². The van der Waals surface area contributed by atoms with Crippen LogP contribution in [0.4, 0.5) is 0 Å². The molecule has 0 aromatic heterocycles. The largest absolute Gasteiger partial charge is 0.507 e. The van der Waals surface area contributed by atoms with Crippen molar-refractivity contribution in [2.75, 3.05) is 14.2 Å². The summed E-state index contributed by atoms with van der Waals surface area (Å²) in [6.45, 7) is 1.59. The Kier molecular flexibility index (Phi) is 3.60. The molecule has 0 radical (unpaired) electrons. The van der Waals surface area contributed by atoms with Crippen molar-refractivity contribution in [1.29, 1.82) is 0 Å². The standard InChI is InChI=1S/C11H14O5/c1-6-10(14)7(5-9(13)15-2)4-8(12)11(6)16-3/h4,12,14H,5H2,1-3H3. The molecule has 0 atom stereocenters. The van der Waals surface area contributed by atoms with Crippen LogP contribution in [-0.4, -0.2) is 30.4 Å². The van der Waals surface area contributed by atoms with E-state index in [2.05, 4.69) is 4.74 Å². The third-order valence-corrected chi connectivity index (χ3v) is 2.31. The van der Waals surface area contributed by atoms with E-state index in [9.17, 15) is 15.0 Å². The molecule has 88 valence electrons. The van der Waals surface area contributed by atoms with Gasteiger partial charge in [-0.1, -0.05) is 0 Å². The highest BCUT2D eigenvalue weighted by molar-refractivity contribution is 5.74. The quantitative estimate of drug-likeness (QED) is 0.597. The number of carbonyl (C=O) groups is 1. The summed E-state index contributed by atoms with van der Waals surface area (Å²) in [7, 11) is 2.65. The average Bonchev–Trinajstić information content (AvgIpc) is 2.26. The lowest BCUT2D eigenvalue weighted by atomic mass is 10.0. The Hall–Kier alpha value is -1.91. The molecule has 1 rings (SSSR count). The van der Waals surface area contributed by atoms with Crippen molar-refractivity contribution < 1.29 is 24.5 Å². The van der Waals surface area contributed by atoms with Gasteiger partial charge in [-0.15, -0.1) is 0 Å². The molecule has 0 aliphatic rings. The summed E-state index contributed by atoms with van der Waals surface area (Å²) in [6, 6.07) is 1.29. The summed E-state index contributed by atoms with van der Waals surface area (Å²) < 4.78 is 9.40. The third kappa shape index (κ3) is 2.18. The Morgan fingerprint density at radius 2 is 2.00 bits per heavy atom. The molecule has 1 aromatic rings. The smallest absolute Gasteiger partial charge is 0.310 e. The highest BCUT2D eigenvalue weighted by atomic mass is 16.5. The molecule has 0 spiro atoms. The summed E-state index contributed by atoms with van der Waals surface area (Å²) >= 11 is 0. The lowest BCUT2D eigenvalue weighted by Crippen LogP contribution is -2.05. The van der Waals surface area contributed by atoms with Crippen LogP contribution in [0, 0.1) is 6.92 Å². The Bertz CT molecular complexity index is 411. The maximum Gasteiger partial charge on any atom is 0.310 e. The van der Waals surface area contributed by atoms with Gasteiger partial charge in [0.2, 0.25) is 0 Å². The van der Waals surface area contributed by atoms with Crippen LogP contribution in [0.1, 0.15) is 11.1 Å². The lowest BCUT2D eigenvalue weighted by Gasteiger charge is -2.12. The first kappa shape index (κ1) is 12.2. The van der Waals surface area contributed by atoms with Crippen LogP contribution in [0.2, 0.25) is 0 Å². The Balaban J connectivity index is 3.18.